The van der Waals surface area contributed by atoms with Crippen molar-refractivity contribution in [2.45, 2.75) is 46.1 Å². The summed E-state index contributed by atoms with van der Waals surface area (Å²) in [6, 6.07) is 0.594. The number of hydrogen-bond donors (Lipinski definition) is 1. The smallest absolute Gasteiger partial charge is 0.0738 e. The summed E-state index contributed by atoms with van der Waals surface area (Å²) in [5, 5.41) is 8.04. The number of nitrogens with zero attached hydrogens (tertiary/aromatic N) is 2. The lowest BCUT2D eigenvalue weighted by atomic mass is 9.71. The molecule has 1 heterocycles. The van der Waals surface area contributed by atoms with Gasteiger partial charge in [-0.15, -0.1) is 0 Å². The Morgan fingerprint density at radius 1 is 1.39 bits per heavy atom. The van der Waals surface area contributed by atoms with Crippen LogP contribution in [0.1, 0.15) is 38.1 Å². The molecule has 4 heteroatoms. The van der Waals surface area contributed by atoms with Crippen LogP contribution in [0.15, 0.2) is 4.47 Å². The van der Waals surface area contributed by atoms with Gasteiger partial charge < -0.3 is 5.32 Å². The molecule has 1 N–H and O–H groups in total. The number of nitrogens with one attached hydrogen (secondary N) is 1. The lowest BCUT2D eigenvalue weighted by Gasteiger charge is -2.37. The van der Waals surface area contributed by atoms with Gasteiger partial charge in [0.25, 0.3) is 0 Å². The maximum Gasteiger partial charge on any atom is 0.0738 e. The van der Waals surface area contributed by atoms with Gasteiger partial charge in [-0.2, -0.15) is 5.10 Å². The molecule has 2 atom stereocenters. The fourth-order valence-corrected chi connectivity index (χ4v) is 3.21. The second-order valence-corrected chi connectivity index (χ2v) is 6.63. The molecule has 1 aromatic heterocycles. The molecule has 0 aliphatic heterocycles. The first-order valence-corrected chi connectivity index (χ1v) is 7.69. The van der Waals surface area contributed by atoms with E-state index < -0.39 is 0 Å². The number of aryl methyl sites for hydroxylation is 2. The van der Waals surface area contributed by atoms with Crippen LogP contribution in [0.5, 0.6) is 0 Å². The predicted molar refractivity (Wildman–Crippen MR) is 78.7 cm³/mol. The SMILES string of the molecule is Cc1nn(C)c(CC2CCC2CNC(C)C)c1Br. The van der Waals surface area contributed by atoms with Crippen LogP contribution in [0.25, 0.3) is 0 Å². The zero-order chi connectivity index (χ0) is 13.3. The second-order valence-electron chi connectivity index (χ2n) is 5.83. The third-order valence-corrected chi connectivity index (χ3v) is 5.11. The lowest BCUT2D eigenvalue weighted by Crippen LogP contribution is -2.39. The van der Waals surface area contributed by atoms with E-state index in [1.165, 1.54) is 23.0 Å². The Hall–Kier alpha value is -0.350. The monoisotopic (exact) mass is 313 g/mol. The van der Waals surface area contributed by atoms with Gasteiger partial charge in [0.05, 0.1) is 15.9 Å². The van der Waals surface area contributed by atoms with Gasteiger partial charge >= 0.3 is 0 Å². The van der Waals surface area contributed by atoms with Crippen molar-refractivity contribution in [3.63, 3.8) is 0 Å². The van der Waals surface area contributed by atoms with E-state index in [2.05, 4.69) is 47.1 Å². The average Bonchev–Trinajstić information content (AvgIpc) is 2.49. The number of rotatable bonds is 5. The first-order chi connectivity index (χ1) is 8.49. The van der Waals surface area contributed by atoms with Crippen molar-refractivity contribution in [2.75, 3.05) is 6.54 Å². The predicted octanol–water partition coefficient (Wildman–Crippen LogP) is 3.06. The van der Waals surface area contributed by atoms with Gasteiger partial charge in [0.15, 0.2) is 0 Å². The van der Waals surface area contributed by atoms with Crippen molar-refractivity contribution in [3.05, 3.63) is 15.9 Å². The topological polar surface area (TPSA) is 29.9 Å². The Bertz CT molecular complexity index is 411. The Kier molecular flexibility index (Phi) is 4.49. The summed E-state index contributed by atoms with van der Waals surface area (Å²) in [6.45, 7) is 7.66. The van der Waals surface area contributed by atoms with Crippen LogP contribution >= 0.6 is 15.9 Å². The van der Waals surface area contributed by atoms with Crippen molar-refractivity contribution >= 4 is 15.9 Å². The molecule has 2 unspecified atom stereocenters. The maximum absolute atomic E-state index is 4.48. The van der Waals surface area contributed by atoms with E-state index in [0.29, 0.717) is 6.04 Å². The molecule has 3 nitrogen and oxygen atoms in total. The molecule has 0 spiro atoms. The molecular formula is C14H24BrN3. The molecule has 0 radical (unpaired) electrons. The summed E-state index contributed by atoms with van der Waals surface area (Å²) >= 11 is 3.67. The van der Waals surface area contributed by atoms with E-state index in [0.717, 1.165) is 30.5 Å². The molecule has 0 bridgehead atoms. The van der Waals surface area contributed by atoms with Crippen molar-refractivity contribution in [1.82, 2.24) is 15.1 Å². The number of aromatic nitrogens is 2. The molecule has 0 aromatic carbocycles. The molecule has 18 heavy (non-hydrogen) atoms. The first-order valence-electron chi connectivity index (χ1n) is 6.90. The highest BCUT2D eigenvalue weighted by atomic mass is 79.9. The van der Waals surface area contributed by atoms with Gasteiger partial charge in [0.1, 0.15) is 0 Å². The third-order valence-electron chi connectivity index (χ3n) is 4.08. The molecule has 0 amide bonds. The van der Waals surface area contributed by atoms with Crippen LogP contribution in [0.3, 0.4) is 0 Å². The largest absolute Gasteiger partial charge is 0.314 e. The molecular weight excluding hydrogens is 290 g/mol. The Morgan fingerprint density at radius 2 is 2.06 bits per heavy atom. The van der Waals surface area contributed by atoms with Crippen LogP contribution in [0.4, 0.5) is 0 Å². The van der Waals surface area contributed by atoms with Gasteiger partial charge in [-0.25, -0.2) is 0 Å². The molecule has 2 rings (SSSR count). The highest BCUT2D eigenvalue weighted by molar-refractivity contribution is 9.10. The Balaban J connectivity index is 1.93. The average molecular weight is 314 g/mol. The zero-order valence-corrected chi connectivity index (χ0v) is 13.4. The highest BCUT2D eigenvalue weighted by Crippen LogP contribution is 2.38. The minimum Gasteiger partial charge on any atom is -0.314 e. The van der Waals surface area contributed by atoms with Crippen LogP contribution in [0, 0.1) is 18.8 Å². The molecule has 0 saturated heterocycles. The number of hydrogen-bond acceptors (Lipinski definition) is 2. The van der Waals surface area contributed by atoms with Crippen molar-refractivity contribution in [2.24, 2.45) is 18.9 Å². The van der Waals surface area contributed by atoms with Gasteiger partial charge in [-0.3, -0.25) is 4.68 Å². The van der Waals surface area contributed by atoms with Crippen LogP contribution in [-0.2, 0) is 13.5 Å². The van der Waals surface area contributed by atoms with Crippen LogP contribution in [-0.4, -0.2) is 22.4 Å². The summed E-state index contributed by atoms with van der Waals surface area (Å²) in [4.78, 5) is 0. The lowest BCUT2D eigenvalue weighted by molar-refractivity contribution is 0.165. The van der Waals surface area contributed by atoms with E-state index in [1.54, 1.807) is 0 Å². The van der Waals surface area contributed by atoms with Gasteiger partial charge in [0.2, 0.25) is 0 Å². The summed E-state index contributed by atoms with van der Waals surface area (Å²) in [6.07, 6.45) is 3.89. The van der Waals surface area contributed by atoms with E-state index >= 15 is 0 Å². The first kappa shape index (κ1) is 14.1. The number of halogens is 1. The standard InChI is InChI=1S/C14H24BrN3/c1-9(2)16-8-12-6-5-11(12)7-13-14(15)10(3)17-18(13)4/h9,11-12,16H,5-8H2,1-4H3. The molecule has 102 valence electrons. The van der Waals surface area contributed by atoms with Gasteiger partial charge in [0, 0.05) is 13.1 Å². The van der Waals surface area contributed by atoms with E-state index in [1.807, 2.05) is 11.7 Å². The third kappa shape index (κ3) is 2.97. The van der Waals surface area contributed by atoms with Crippen LogP contribution in [0.2, 0.25) is 0 Å². The summed E-state index contributed by atoms with van der Waals surface area (Å²) in [5.41, 5.74) is 2.45. The Labute approximate surface area is 118 Å². The molecule has 1 aliphatic rings. The minimum absolute atomic E-state index is 0.594. The summed E-state index contributed by atoms with van der Waals surface area (Å²) < 4.78 is 3.23. The van der Waals surface area contributed by atoms with Gasteiger partial charge in [-0.1, -0.05) is 13.8 Å². The zero-order valence-electron chi connectivity index (χ0n) is 11.8. The van der Waals surface area contributed by atoms with Crippen molar-refractivity contribution in [1.29, 1.82) is 0 Å². The van der Waals surface area contributed by atoms with Gasteiger partial charge in [-0.05, 0) is 60.5 Å². The van der Waals surface area contributed by atoms with E-state index in [-0.39, 0.29) is 0 Å². The summed E-state index contributed by atoms with van der Waals surface area (Å²) in [5.74, 6) is 1.66. The minimum atomic E-state index is 0.594. The van der Waals surface area contributed by atoms with Crippen molar-refractivity contribution in [3.8, 4) is 0 Å². The highest BCUT2D eigenvalue weighted by Gasteiger charge is 2.32. The second kappa shape index (κ2) is 5.74. The fourth-order valence-electron chi connectivity index (χ4n) is 2.71. The maximum atomic E-state index is 4.48. The van der Waals surface area contributed by atoms with E-state index in [9.17, 15) is 0 Å². The molecule has 1 fully saturated rings. The normalized spacial score (nSPS) is 23.4. The quantitative estimate of drug-likeness (QED) is 0.905. The van der Waals surface area contributed by atoms with Crippen molar-refractivity contribution < 1.29 is 0 Å². The Morgan fingerprint density at radius 3 is 2.50 bits per heavy atom. The molecule has 1 saturated carbocycles. The van der Waals surface area contributed by atoms with E-state index in [4.69, 9.17) is 0 Å². The fraction of sp³-hybridized carbons (Fsp3) is 0.786. The molecule has 1 aliphatic carbocycles. The van der Waals surface area contributed by atoms with Crippen LogP contribution < -0.4 is 5.32 Å². The summed E-state index contributed by atoms with van der Waals surface area (Å²) in [7, 11) is 2.05. The molecule has 1 aromatic rings.